The van der Waals surface area contributed by atoms with Gasteiger partial charge >= 0.3 is 0 Å². The van der Waals surface area contributed by atoms with E-state index in [9.17, 15) is 9.59 Å². The smallest absolute Gasteiger partial charge is 0.229 e. The van der Waals surface area contributed by atoms with E-state index >= 15 is 0 Å². The van der Waals surface area contributed by atoms with E-state index in [1.165, 1.54) is 0 Å². The molecule has 1 saturated heterocycles. The van der Waals surface area contributed by atoms with Crippen LogP contribution in [0.4, 0.5) is 11.4 Å². The summed E-state index contributed by atoms with van der Waals surface area (Å²) < 4.78 is 0. The van der Waals surface area contributed by atoms with Crippen LogP contribution in [-0.2, 0) is 9.59 Å². The molecule has 1 N–H and O–H groups in total. The first-order chi connectivity index (χ1) is 13.0. The molecule has 4 nitrogen and oxygen atoms in total. The number of amides is 2. The van der Waals surface area contributed by atoms with Crippen molar-refractivity contribution in [1.82, 2.24) is 0 Å². The summed E-state index contributed by atoms with van der Waals surface area (Å²) in [5.74, 6) is -0.450. The van der Waals surface area contributed by atoms with Crippen molar-refractivity contribution in [3.05, 3.63) is 71.8 Å². The molecular weight excluding hydrogens is 336 g/mol. The lowest BCUT2D eigenvalue weighted by molar-refractivity contribution is -0.122. The number of nitrogens with zero attached hydrogens (tertiary/aromatic N) is 1. The van der Waals surface area contributed by atoms with Crippen LogP contribution in [0, 0.1) is 19.8 Å². The van der Waals surface area contributed by atoms with Crippen LogP contribution in [0.2, 0.25) is 0 Å². The molecule has 4 heteroatoms. The van der Waals surface area contributed by atoms with Crippen molar-refractivity contribution >= 4 is 34.0 Å². The van der Waals surface area contributed by atoms with Gasteiger partial charge in [0, 0.05) is 29.7 Å². The first kappa shape index (κ1) is 17.3. The van der Waals surface area contributed by atoms with E-state index in [1.807, 2.05) is 74.5 Å². The molecule has 0 bridgehead atoms. The number of aryl methyl sites for hydroxylation is 2. The molecule has 1 aliphatic rings. The van der Waals surface area contributed by atoms with Gasteiger partial charge in [-0.3, -0.25) is 9.59 Å². The minimum Gasteiger partial charge on any atom is -0.325 e. The highest BCUT2D eigenvalue weighted by Gasteiger charge is 2.36. The number of para-hydroxylation sites is 1. The lowest BCUT2D eigenvalue weighted by atomic mass is 10.1. The topological polar surface area (TPSA) is 49.4 Å². The molecule has 0 saturated carbocycles. The normalized spacial score (nSPS) is 16.7. The summed E-state index contributed by atoms with van der Waals surface area (Å²) in [5, 5.41) is 5.11. The van der Waals surface area contributed by atoms with E-state index in [1.54, 1.807) is 4.90 Å². The second-order valence-electron chi connectivity index (χ2n) is 7.16. The van der Waals surface area contributed by atoms with E-state index in [-0.39, 0.29) is 24.2 Å². The summed E-state index contributed by atoms with van der Waals surface area (Å²) in [6, 6.07) is 19.8. The predicted molar refractivity (Wildman–Crippen MR) is 109 cm³/mol. The predicted octanol–water partition coefficient (Wildman–Crippen LogP) is 4.45. The van der Waals surface area contributed by atoms with Crippen molar-refractivity contribution < 1.29 is 9.59 Å². The Labute approximate surface area is 158 Å². The van der Waals surface area contributed by atoms with Crippen molar-refractivity contribution in [1.29, 1.82) is 0 Å². The van der Waals surface area contributed by atoms with Crippen molar-refractivity contribution in [2.45, 2.75) is 20.3 Å². The Hall–Kier alpha value is -3.14. The highest BCUT2D eigenvalue weighted by molar-refractivity contribution is 6.07. The van der Waals surface area contributed by atoms with E-state index in [0.717, 1.165) is 33.3 Å². The Kier molecular flexibility index (Phi) is 4.40. The fourth-order valence-corrected chi connectivity index (χ4v) is 3.90. The van der Waals surface area contributed by atoms with Gasteiger partial charge in [-0.25, -0.2) is 0 Å². The molecule has 1 aliphatic heterocycles. The SMILES string of the molecule is Cc1cccc(C)c1N1C[C@H](C(=O)Nc2cccc3ccccc23)CC1=O. The van der Waals surface area contributed by atoms with Crippen LogP contribution in [-0.4, -0.2) is 18.4 Å². The molecule has 0 aliphatic carbocycles. The maximum absolute atomic E-state index is 12.9. The molecule has 1 atom stereocenters. The number of carbonyl (C=O) groups excluding carboxylic acids is 2. The molecule has 136 valence electrons. The third-order valence-corrected chi connectivity index (χ3v) is 5.25. The summed E-state index contributed by atoms with van der Waals surface area (Å²) in [6.45, 7) is 4.42. The molecule has 27 heavy (non-hydrogen) atoms. The zero-order valence-electron chi connectivity index (χ0n) is 15.5. The third-order valence-electron chi connectivity index (χ3n) is 5.25. The molecule has 3 aromatic rings. The van der Waals surface area contributed by atoms with E-state index in [2.05, 4.69) is 5.32 Å². The summed E-state index contributed by atoms with van der Waals surface area (Å²) >= 11 is 0. The standard InChI is InChI=1S/C23H22N2O2/c1-15-7-5-8-16(2)22(15)25-14-18(13-21(25)26)23(27)24-20-12-6-10-17-9-3-4-11-19(17)20/h3-12,18H,13-14H2,1-2H3,(H,24,27)/t18-/m1/s1. The summed E-state index contributed by atoms with van der Waals surface area (Å²) in [6.07, 6.45) is 0.240. The zero-order valence-corrected chi connectivity index (χ0v) is 15.5. The van der Waals surface area contributed by atoms with Gasteiger partial charge < -0.3 is 10.2 Å². The molecule has 3 aromatic carbocycles. The number of hydrogen-bond acceptors (Lipinski definition) is 2. The van der Waals surface area contributed by atoms with Crippen LogP contribution >= 0.6 is 0 Å². The van der Waals surface area contributed by atoms with Gasteiger partial charge in [0.1, 0.15) is 0 Å². The number of anilines is 2. The molecule has 0 aromatic heterocycles. The van der Waals surface area contributed by atoms with Crippen molar-refractivity contribution in [2.75, 3.05) is 16.8 Å². The molecule has 1 fully saturated rings. The maximum atomic E-state index is 12.9. The molecule has 2 amide bonds. The van der Waals surface area contributed by atoms with Crippen molar-refractivity contribution in [2.24, 2.45) is 5.92 Å². The Balaban J connectivity index is 1.56. The minimum atomic E-state index is -0.351. The van der Waals surface area contributed by atoms with Crippen LogP contribution in [0.25, 0.3) is 10.8 Å². The summed E-state index contributed by atoms with van der Waals surface area (Å²) in [5.41, 5.74) is 3.83. The van der Waals surface area contributed by atoms with Gasteiger partial charge in [0.25, 0.3) is 0 Å². The largest absolute Gasteiger partial charge is 0.325 e. The monoisotopic (exact) mass is 358 g/mol. The quantitative estimate of drug-likeness (QED) is 0.752. The fourth-order valence-electron chi connectivity index (χ4n) is 3.90. The Bertz CT molecular complexity index is 1020. The number of carbonyl (C=O) groups is 2. The van der Waals surface area contributed by atoms with Gasteiger partial charge in [-0.2, -0.15) is 0 Å². The number of rotatable bonds is 3. The second kappa shape index (κ2) is 6.88. The van der Waals surface area contributed by atoms with Crippen LogP contribution < -0.4 is 10.2 Å². The average Bonchev–Trinajstić information content (AvgIpc) is 3.04. The average molecular weight is 358 g/mol. The Morgan fingerprint density at radius 1 is 0.963 bits per heavy atom. The van der Waals surface area contributed by atoms with Crippen LogP contribution in [0.1, 0.15) is 17.5 Å². The number of nitrogens with one attached hydrogen (secondary N) is 1. The summed E-state index contributed by atoms with van der Waals surface area (Å²) in [7, 11) is 0. The highest BCUT2D eigenvalue weighted by Crippen LogP contribution is 2.32. The van der Waals surface area contributed by atoms with E-state index in [0.29, 0.717) is 6.54 Å². The van der Waals surface area contributed by atoms with Crippen molar-refractivity contribution in [3.8, 4) is 0 Å². The zero-order chi connectivity index (χ0) is 19.0. The first-order valence-corrected chi connectivity index (χ1v) is 9.20. The van der Waals surface area contributed by atoms with Crippen LogP contribution in [0.3, 0.4) is 0 Å². The number of benzene rings is 3. The fraction of sp³-hybridized carbons (Fsp3) is 0.217. The van der Waals surface area contributed by atoms with E-state index < -0.39 is 0 Å². The van der Waals surface area contributed by atoms with Gasteiger partial charge in [0.2, 0.25) is 11.8 Å². The second-order valence-corrected chi connectivity index (χ2v) is 7.16. The highest BCUT2D eigenvalue weighted by atomic mass is 16.2. The molecular formula is C23H22N2O2. The van der Waals surface area contributed by atoms with Gasteiger partial charge in [-0.15, -0.1) is 0 Å². The Morgan fingerprint density at radius 2 is 1.63 bits per heavy atom. The molecule has 0 unspecified atom stereocenters. The van der Waals surface area contributed by atoms with Crippen LogP contribution in [0.15, 0.2) is 60.7 Å². The molecule has 1 heterocycles. The maximum Gasteiger partial charge on any atom is 0.229 e. The summed E-state index contributed by atoms with van der Waals surface area (Å²) in [4.78, 5) is 27.2. The molecule has 4 rings (SSSR count). The van der Waals surface area contributed by atoms with E-state index in [4.69, 9.17) is 0 Å². The molecule has 0 spiro atoms. The van der Waals surface area contributed by atoms with Crippen LogP contribution in [0.5, 0.6) is 0 Å². The van der Waals surface area contributed by atoms with Gasteiger partial charge in [-0.1, -0.05) is 54.6 Å². The van der Waals surface area contributed by atoms with Gasteiger partial charge in [-0.05, 0) is 36.4 Å². The van der Waals surface area contributed by atoms with Gasteiger partial charge in [0.15, 0.2) is 0 Å². The third kappa shape index (κ3) is 3.19. The minimum absolute atomic E-state index is 0.00506. The Morgan fingerprint density at radius 3 is 2.41 bits per heavy atom. The first-order valence-electron chi connectivity index (χ1n) is 9.20. The number of hydrogen-bond donors (Lipinski definition) is 1. The molecule has 0 radical (unpaired) electrons. The van der Waals surface area contributed by atoms with Gasteiger partial charge in [0.05, 0.1) is 5.92 Å². The number of fused-ring (bicyclic) bond motifs is 1. The van der Waals surface area contributed by atoms with Crippen molar-refractivity contribution in [3.63, 3.8) is 0 Å². The lowest BCUT2D eigenvalue weighted by Crippen LogP contribution is -2.29. The lowest BCUT2D eigenvalue weighted by Gasteiger charge is -2.21.